The van der Waals surface area contributed by atoms with Crippen LogP contribution in [0, 0.1) is 39.8 Å². The maximum atomic E-state index is 3.73. The van der Waals surface area contributed by atoms with E-state index < -0.39 is 0 Å². The minimum absolute atomic E-state index is 0.0950. The first-order chi connectivity index (χ1) is 10.8. The molecule has 24 heavy (non-hydrogen) atoms. The summed E-state index contributed by atoms with van der Waals surface area (Å²) < 4.78 is 0. The smallest absolute Gasteiger partial charge is 0.00554 e. The summed E-state index contributed by atoms with van der Waals surface area (Å²) in [6, 6.07) is 12.0. The molecular weight excluding hydrogens is 288 g/mol. The molecule has 0 aliphatic carbocycles. The molecule has 2 aromatic rings. The number of hydrogen-bond donors (Lipinski definition) is 0. The van der Waals surface area contributed by atoms with E-state index in [1.807, 2.05) is 0 Å². The van der Waals surface area contributed by atoms with Gasteiger partial charge in [0.15, 0.2) is 0 Å². The van der Waals surface area contributed by atoms with Gasteiger partial charge in [0.1, 0.15) is 0 Å². The second kappa shape index (κ2) is 6.06. The Labute approximate surface area is 149 Å². The molecular formula is C24H32. The molecule has 0 aromatic heterocycles. The van der Waals surface area contributed by atoms with Gasteiger partial charge in [0, 0.05) is 0 Å². The highest BCUT2D eigenvalue weighted by Gasteiger charge is 2.21. The van der Waals surface area contributed by atoms with Gasteiger partial charge in [-0.1, -0.05) is 53.7 Å². The third kappa shape index (κ3) is 3.58. The van der Waals surface area contributed by atoms with Crippen molar-refractivity contribution in [2.45, 2.75) is 80.1 Å². The van der Waals surface area contributed by atoms with Crippen LogP contribution in [0.15, 0.2) is 12.1 Å². The van der Waals surface area contributed by atoms with Gasteiger partial charge in [-0.3, -0.25) is 0 Å². The summed E-state index contributed by atoms with van der Waals surface area (Å²) in [5.74, 6) is 0. The Kier molecular flexibility index (Phi) is 4.74. The quantitative estimate of drug-likeness (QED) is 0.543. The molecule has 0 amide bonds. The van der Waals surface area contributed by atoms with Crippen LogP contribution in [-0.2, 0) is 10.8 Å². The van der Waals surface area contributed by atoms with E-state index in [4.69, 9.17) is 0 Å². The molecule has 0 N–H and O–H groups in total. The van der Waals surface area contributed by atoms with Gasteiger partial charge in [0.05, 0.1) is 0 Å². The Morgan fingerprint density at radius 2 is 0.875 bits per heavy atom. The fraction of sp³-hybridized carbons (Fsp3) is 0.500. The summed E-state index contributed by atoms with van der Waals surface area (Å²) in [7, 11) is 0. The molecule has 0 bridgehead atoms. The van der Waals surface area contributed by atoms with Gasteiger partial charge in [-0.15, -0.1) is 0 Å². The Morgan fingerprint density at radius 3 is 1.12 bits per heavy atom. The van der Waals surface area contributed by atoms with Crippen LogP contribution in [0.5, 0.6) is 0 Å². The van der Waals surface area contributed by atoms with E-state index in [2.05, 4.69) is 93.5 Å². The maximum absolute atomic E-state index is 3.73. The van der Waals surface area contributed by atoms with E-state index in [1.54, 1.807) is 0 Å². The van der Waals surface area contributed by atoms with E-state index in [-0.39, 0.29) is 10.8 Å². The fourth-order valence-electron chi connectivity index (χ4n) is 2.88. The molecule has 0 aliphatic heterocycles. The maximum Gasteiger partial charge on any atom is -0.00554 e. The van der Waals surface area contributed by atoms with Gasteiger partial charge in [-0.2, -0.15) is 0 Å². The standard InChI is InChI=1S/C24H32/c1-15-11-19(23(5,6)7)13-21(17(15)3)22-14-20(24(8,9)10)12-16(2)18(22)4/h11-12H,1-10H3. The first kappa shape index (κ1) is 18.8. The summed E-state index contributed by atoms with van der Waals surface area (Å²) in [6.07, 6.45) is 0. The zero-order valence-corrected chi connectivity index (χ0v) is 17.2. The minimum atomic E-state index is 0.0950. The molecule has 0 unspecified atom stereocenters. The Morgan fingerprint density at radius 1 is 0.583 bits per heavy atom. The molecule has 0 nitrogen and oxygen atoms in total. The zero-order chi connectivity index (χ0) is 18.4. The van der Waals surface area contributed by atoms with Crippen LogP contribution in [0.2, 0.25) is 0 Å². The normalized spacial score (nSPS) is 12.6. The van der Waals surface area contributed by atoms with Crippen molar-refractivity contribution in [1.29, 1.82) is 0 Å². The van der Waals surface area contributed by atoms with Crippen molar-refractivity contribution >= 4 is 0 Å². The average molecular weight is 321 g/mol. The molecule has 0 fully saturated rings. The third-order valence-electron chi connectivity index (χ3n) is 5.04. The highest BCUT2D eigenvalue weighted by atomic mass is 14.2. The average Bonchev–Trinajstić information content (AvgIpc) is 2.42. The van der Waals surface area contributed by atoms with Crippen molar-refractivity contribution in [1.82, 2.24) is 0 Å². The first-order valence-electron chi connectivity index (χ1n) is 8.90. The SMILES string of the molecule is Cc1cc(C(C)(C)C)[c]c(-c2[c]c(C(C)(C)C)cc(C)c2C)c1C. The molecule has 0 spiro atoms. The van der Waals surface area contributed by atoms with Crippen LogP contribution in [0.1, 0.15) is 74.9 Å². The topological polar surface area (TPSA) is 0 Å². The van der Waals surface area contributed by atoms with Crippen molar-refractivity contribution in [3.05, 3.63) is 57.6 Å². The summed E-state index contributed by atoms with van der Waals surface area (Å²) >= 11 is 0. The highest BCUT2D eigenvalue weighted by molar-refractivity contribution is 5.73. The lowest BCUT2D eigenvalue weighted by Crippen LogP contribution is -2.14. The molecule has 0 saturated carbocycles. The molecule has 0 heteroatoms. The highest BCUT2D eigenvalue weighted by Crippen LogP contribution is 2.36. The molecule has 2 radical (unpaired) electrons. The monoisotopic (exact) mass is 320 g/mol. The number of benzene rings is 2. The molecule has 0 saturated heterocycles. The number of aryl methyl sites for hydroxylation is 2. The predicted molar refractivity (Wildman–Crippen MR) is 106 cm³/mol. The van der Waals surface area contributed by atoms with Gasteiger partial charge < -0.3 is 0 Å². The molecule has 2 aromatic carbocycles. The van der Waals surface area contributed by atoms with Crippen LogP contribution < -0.4 is 0 Å². The molecule has 0 aliphatic rings. The summed E-state index contributed by atoms with van der Waals surface area (Å²) in [5.41, 5.74) is 10.5. The summed E-state index contributed by atoms with van der Waals surface area (Å²) in [6.45, 7) is 22.4. The van der Waals surface area contributed by atoms with Crippen molar-refractivity contribution in [2.75, 3.05) is 0 Å². The molecule has 2 rings (SSSR count). The first-order valence-corrected chi connectivity index (χ1v) is 8.90. The lowest BCUT2D eigenvalue weighted by Gasteiger charge is -2.25. The van der Waals surface area contributed by atoms with Crippen LogP contribution in [0.3, 0.4) is 0 Å². The van der Waals surface area contributed by atoms with Gasteiger partial charge in [0.2, 0.25) is 0 Å². The largest absolute Gasteiger partial charge is 0.0561 e. The van der Waals surface area contributed by atoms with Crippen molar-refractivity contribution in [3.8, 4) is 11.1 Å². The minimum Gasteiger partial charge on any atom is -0.0561 e. The lowest BCUT2D eigenvalue weighted by atomic mass is 9.79. The van der Waals surface area contributed by atoms with Crippen LogP contribution in [0.25, 0.3) is 11.1 Å². The molecule has 0 atom stereocenters. The second-order valence-electron chi connectivity index (χ2n) is 9.23. The summed E-state index contributed by atoms with van der Waals surface area (Å²) in [4.78, 5) is 0. The lowest BCUT2D eigenvalue weighted by molar-refractivity contribution is 0.587. The Balaban J connectivity index is 2.81. The van der Waals surface area contributed by atoms with E-state index in [9.17, 15) is 0 Å². The molecule has 0 heterocycles. The fourth-order valence-corrected chi connectivity index (χ4v) is 2.88. The van der Waals surface area contributed by atoms with Gasteiger partial charge >= 0.3 is 0 Å². The van der Waals surface area contributed by atoms with Crippen LogP contribution in [0.4, 0.5) is 0 Å². The zero-order valence-electron chi connectivity index (χ0n) is 17.2. The van der Waals surface area contributed by atoms with Gasteiger partial charge in [0.25, 0.3) is 0 Å². The van der Waals surface area contributed by atoms with E-state index in [0.717, 1.165) is 0 Å². The van der Waals surface area contributed by atoms with E-state index in [0.29, 0.717) is 0 Å². The number of hydrogen-bond acceptors (Lipinski definition) is 0. The van der Waals surface area contributed by atoms with Gasteiger partial charge in [-0.25, -0.2) is 0 Å². The Hall–Kier alpha value is -1.56. The van der Waals surface area contributed by atoms with Crippen molar-refractivity contribution in [3.63, 3.8) is 0 Å². The Bertz CT molecular complexity index is 695. The van der Waals surface area contributed by atoms with Crippen LogP contribution in [-0.4, -0.2) is 0 Å². The van der Waals surface area contributed by atoms with Crippen molar-refractivity contribution in [2.24, 2.45) is 0 Å². The van der Waals surface area contributed by atoms with Crippen LogP contribution >= 0.6 is 0 Å². The number of rotatable bonds is 1. The van der Waals surface area contributed by atoms with Gasteiger partial charge in [-0.05, 0) is 95.2 Å². The predicted octanol–water partition coefficient (Wildman–Crippen LogP) is 6.78. The second-order valence-corrected chi connectivity index (χ2v) is 9.23. The molecule has 128 valence electrons. The third-order valence-corrected chi connectivity index (χ3v) is 5.04. The summed E-state index contributed by atoms with van der Waals surface area (Å²) in [5, 5.41) is 0. The van der Waals surface area contributed by atoms with E-state index in [1.165, 1.54) is 44.5 Å². The van der Waals surface area contributed by atoms with E-state index >= 15 is 0 Å². The van der Waals surface area contributed by atoms with Crippen molar-refractivity contribution < 1.29 is 0 Å².